The maximum absolute atomic E-state index is 11.0. The van der Waals surface area contributed by atoms with Gasteiger partial charge in [-0.1, -0.05) is 6.07 Å². The van der Waals surface area contributed by atoms with Gasteiger partial charge in [0.25, 0.3) is 0 Å². The average Bonchev–Trinajstić information content (AvgIpc) is 2.88. The first-order valence-electron chi connectivity index (χ1n) is 8.53. The number of benzene rings is 1. The number of anilines is 1. The van der Waals surface area contributed by atoms with E-state index in [1.54, 1.807) is 6.21 Å². The fourth-order valence-electron chi connectivity index (χ4n) is 3.19. The van der Waals surface area contributed by atoms with E-state index in [4.69, 9.17) is 0 Å². The number of aryl methyl sites for hydroxylation is 3. The molecule has 0 bridgehead atoms. The van der Waals surface area contributed by atoms with Gasteiger partial charge in [-0.15, -0.1) is 0 Å². The number of rotatable bonds is 5. The lowest BCUT2D eigenvalue weighted by molar-refractivity contribution is -0.384. The van der Waals surface area contributed by atoms with Crippen molar-refractivity contribution in [1.82, 2.24) is 9.55 Å². The van der Waals surface area contributed by atoms with Gasteiger partial charge < -0.3 is 4.57 Å². The summed E-state index contributed by atoms with van der Waals surface area (Å²) >= 11 is 0. The molecular formula is C20H21N5O2. The van der Waals surface area contributed by atoms with Crippen LogP contribution >= 0.6 is 0 Å². The van der Waals surface area contributed by atoms with E-state index in [1.165, 1.54) is 29.5 Å². The molecule has 0 amide bonds. The highest BCUT2D eigenvalue weighted by molar-refractivity contribution is 5.83. The van der Waals surface area contributed by atoms with Crippen LogP contribution in [0.15, 0.2) is 47.7 Å². The summed E-state index contributed by atoms with van der Waals surface area (Å²) < 4.78 is 2.17. The Labute approximate surface area is 157 Å². The van der Waals surface area contributed by atoms with Gasteiger partial charge in [-0.3, -0.25) is 15.5 Å². The zero-order valence-corrected chi connectivity index (χ0v) is 15.7. The highest BCUT2D eigenvalue weighted by atomic mass is 16.6. The Hall–Kier alpha value is -3.48. The van der Waals surface area contributed by atoms with Crippen molar-refractivity contribution in [1.29, 1.82) is 0 Å². The van der Waals surface area contributed by atoms with Crippen molar-refractivity contribution < 1.29 is 4.92 Å². The summed E-state index contributed by atoms with van der Waals surface area (Å²) in [4.78, 5) is 14.5. The quantitative estimate of drug-likeness (QED) is 0.412. The second kappa shape index (κ2) is 7.41. The number of nitrogens with one attached hydrogen (secondary N) is 1. The third-order valence-electron chi connectivity index (χ3n) is 4.29. The Morgan fingerprint density at radius 3 is 2.52 bits per heavy atom. The number of aromatic nitrogens is 2. The highest BCUT2D eigenvalue weighted by Gasteiger charge is 2.13. The van der Waals surface area contributed by atoms with Crippen molar-refractivity contribution in [2.45, 2.75) is 27.7 Å². The number of nitro groups is 1. The molecular weight excluding hydrogens is 342 g/mol. The Morgan fingerprint density at radius 2 is 1.85 bits per heavy atom. The molecule has 0 aliphatic carbocycles. The van der Waals surface area contributed by atoms with E-state index in [2.05, 4.69) is 52.1 Å². The average molecular weight is 363 g/mol. The van der Waals surface area contributed by atoms with Crippen molar-refractivity contribution in [2.24, 2.45) is 5.10 Å². The minimum Gasteiger partial charge on any atom is -0.318 e. The zero-order chi connectivity index (χ0) is 19.6. The predicted octanol–water partition coefficient (Wildman–Crippen LogP) is 4.46. The van der Waals surface area contributed by atoms with Crippen LogP contribution in [0.4, 0.5) is 11.5 Å². The summed E-state index contributed by atoms with van der Waals surface area (Å²) in [5.41, 5.74) is 9.12. The lowest BCUT2D eigenvalue weighted by Gasteiger charge is -2.11. The number of nitrogens with zero attached hydrogens (tertiary/aromatic N) is 4. The van der Waals surface area contributed by atoms with Crippen LogP contribution in [0.25, 0.3) is 5.69 Å². The molecule has 27 heavy (non-hydrogen) atoms. The van der Waals surface area contributed by atoms with Gasteiger partial charge in [0.2, 0.25) is 5.82 Å². The molecule has 0 unspecified atom stereocenters. The van der Waals surface area contributed by atoms with Crippen LogP contribution in [0.1, 0.15) is 28.1 Å². The molecule has 0 spiro atoms. The van der Waals surface area contributed by atoms with Crippen molar-refractivity contribution in [3.8, 4) is 5.69 Å². The van der Waals surface area contributed by atoms with Crippen LogP contribution in [0.5, 0.6) is 0 Å². The van der Waals surface area contributed by atoms with E-state index in [0.717, 1.165) is 22.6 Å². The number of hydrazone groups is 1. The molecule has 3 rings (SSSR count). The second-order valence-electron chi connectivity index (χ2n) is 6.51. The topological polar surface area (TPSA) is 85.3 Å². The molecule has 138 valence electrons. The van der Waals surface area contributed by atoms with Crippen molar-refractivity contribution >= 4 is 17.7 Å². The monoisotopic (exact) mass is 363 g/mol. The van der Waals surface area contributed by atoms with Gasteiger partial charge in [0, 0.05) is 34.9 Å². The maximum atomic E-state index is 11.0. The van der Waals surface area contributed by atoms with Gasteiger partial charge in [0.05, 0.1) is 11.1 Å². The van der Waals surface area contributed by atoms with Crippen LogP contribution in [-0.2, 0) is 0 Å². The molecule has 0 atom stereocenters. The predicted molar refractivity (Wildman–Crippen MR) is 107 cm³/mol. The first kappa shape index (κ1) is 18.3. The fourth-order valence-corrected chi connectivity index (χ4v) is 3.19. The van der Waals surface area contributed by atoms with Crippen molar-refractivity contribution in [2.75, 3.05) is 5.43 Å². The Bertz CT molecular complexity index is 1020. The number of hydrogen-bond donors (Lipinski definition) is 1. The standard InChI is InChI=1S/C20H21N5O2/c1-13-8-14(2)10-18(9-13)24-15(3)11-17(16(24)4)12-22-23-20-19(25(26)27)6-5-7-21-20/h5-12H,1-4H3,(H,21,23)/b22-12-. The van der Waals surface area contributed by atoms with Gasteiger partial charge in [-0.05, 0) is 63.1 Å². The van der Waals surface area contributed by atoms with Crippen molar-refractivity contribution in [3.05, 3.63) is 80.8 Å². The molecule has 7 nitrogen and oxygen atoms in total. The molecule has 0 saturated heterocycles. The molecule has 7 heteroatoms. The summed E-state index contributed by atoms with van der Waals surface area (Å²) in [6, 6.07) is 11.4. The summed E-state index contributed by atoms with van der Waals surface area (Å²) in [6.07, 6.45) is 3.14. The van der Waals surface area contributed by atoms with E-state index in [1.807, 2.05) is 19.9 Å². The summed E-state index contributed by atoms with van der Waals surface area (Å²) in [5, 5.41) is 15.2. The fraction of sp³-hybridized carbons (Fsp3) is 0.200. The van der Waals surface area contributed by atoms with Gasteiger partial charge in [0.1, 0.15) is 0 Å². The largest absolute Gasteiger partial charge is 0.318 e. The number of hydrogen-bond acceptors (Lipinski definition) is 5. The van der Waals surface area contributed by atoms with Crippen molar-refractivity contribution in [3.63, 3.8) is 0 Å². The minimum atomic E-state index is -0.489. The molecule has 1 aromatic carbocycles. The maximum Gasteiger partial charge on any atom is 0.313 e. The van der Waals surface area contributed by atoms with Gasteiger partial charge >= 0.3 is 5.69 Å². The minimum absolute atomic E-state index is 0.113. The lowest BCUT2D eigenvalue weighted by atomic mass is 10.1. The first-order chi connectivity index (χ1) is 12.9. The van der Waals surface area contributed by atoms with Crippen LogP contribution in [-0.4, -0.2) is 20.7 Å². The smallest absolute Gasteiger partial charge is 0.313 e. The van der Waals surface area contributed by atoms with Crippen LogP contribution in [0, 0.1) is 37.8 Å². The summed E-state index contributed by atoms with van der Waals surface area (Å²) in [6.45, 7) is 8.22. The zero-order valence-electron chi connectivity index (χ0n) is 15.7. The molecule has 2 aromatic heterocycles. The van der Waals surface area contributed by atoms with Crippen LogP contribution in [0.3, 0.4) is 0 Å². The second-order valence-corrected chi connectivity index (χ2v) is 6.51. The van der Waals surface area contributed by atoms with E-state index >= 15 is 0 Å². The molecule has 0 fully saturated rings. The Morgan fingerprint density at radius 1 is 1.15 bits per heavy atom. The van der Waals surface area contributed by atoms with Gasteiger partial charge in [-0.2, -0.15) is 5.10 Å². The van der Waals surface area contributed by atoms with Crippen LogP contribution < -0.4 is 5.43 Å². The lowest BCUT2D eigenvalue weighted by Crippen LogP contribution is -2.01. The summed E-state index contributed by atoms with van der Waals surface area (Å²) in [5.74, 6) is 0.113. The molecule has 1 N–H and O–H groups in total. The SMILES string of the molecule is Cc1cc(C)cc(-n2c(C)cc(/C=N\Nc3ncccc3[N+](=O)[O-])c2C)c1. The van der Waals surface area contributed by atoms with E-state index in [-0.39, 0.29) is 11.5 Å². The molecule has 2 heterocycles. The van der Waals surface area contributed by atoms with Crippen LogP contribution in [0.2, 0.25) is 0 Å². The number of pyridine rings is 1. The Balaban J connectivity index is 1.89. The third-order valence-corrected chi connectivity index (χ3v) is 4.29. The summed E-state index contributed by atoms with van der Waals surface area (Å²) in [7, 11) is 0. The van der Waals surface area contributed by atoms with E-state index in [0.29, 0.717) is 0 Å². The normalized spacial score (nSPS) is 11.1. The molecule has 0 radical (unpaired) electrons. The van der Waals surface area contributed by atoms with Gasteiger partial charge in [0.15, 0.2) is 0 Å². The molecule has 0 aliphatic rings. The van der Waals surface area contributed by atoms with E-state index < -0.39 is 4.92 Å². The molecule has 0 aliphatic heterocycles. The highest BCUT2D eigenvalue weighted by Crippen LogP contribution is 2.23. The molecule has 0 saturated carbocycles. The third kappa shape index (κ3) is 3.87. The van der Waals surface area contributed by atoms with Gasteiger partial charge in [-0.25, -0.2) is 4.98 Å². The van der Waals surface area contributed by atoms with E-state index in [9.17, 15) is 10.1 Å². The molecule has 3 aromatic rings. The Kier molecular flexibility index (Phi) is 5.03. The first-order valence-corrected chi connectivity index (χ1v) is 8.53.